The van der Waals surface area contributed by atoms with Crippen LogP contribution >= 0.6 is 0 Å². The molecule has 0 saturated heterocycles. The molecule has 1 aliphatic carbocycles. The minimum absolute atomic E-state index is 0.0318. The molecule has 5 rings (SSSR count). The number of fused-ring (bicyclic) bond motifs is 4. The molecular weight excluding hydrogens is 384 g/mol. The number of carbonyl (C=O) groups excluding carboxylic acids is 2. The Labute approximate surface area is 174 Å². The van der Waals surface area contributed by atoms with E-state index in [9.17, 15) is 9.59 Å². The van der Waals surface area contributed by atoms with Gasteiger partial charge in [-0.2, -0.15) is 0 Å². The van der Waals surface area contributed by atoms with E-state index in [2.05, 4.69) is 20.9 Å². The summed E-state index contributed by atoms with van der Waals surface area (Å²) in [5.74, 6) is 2.86. The summed E-state index contributed by atoms with van der Waals surface area (Å²) in [6.07, 6.45) is 2.60. The standard InChI is InChI=1S/C22H24N4O4/c1-22(2,3)26-21(28)25-18-17-13-10-11(4-6-14(13)30-19(17)18)29-15-8-9-23-20-12(15)5-7-16(27)24-20/h4,6,8-10,17-19H,5,7H2,1-3H3,(H,23,24,27)(H2,25,26,28)/t17-,18+,19-/m0/s1. The van der Waals surface area contributed by atoms with Crippen LogP contribution in [0.4, 0.5) is 10.6 Å². The second kappa shape index (κ2) is 6.62. The smallest absolute Gasteiger partial charge is 0.315 e. The molecule has 0 spiro atoms. The minimum Gasteiger partial charge on any atom is -0.487 e. The second-order valence-corrected chi connectivity index (χ2v) is 8.97. The molecule has 0 unspecified atom stereocenters. The Morgan fingerprint density at radius 2 is 2.10 bits per heavy atom. The van der Waals surface area contributed by atoms with Gasteiger partial charge in [-0.3, -0.25) is 4.79 Å². The van der Waals surface area contributed by atoms with Crippen molar-refractivity contribution in [3.63, 3.8) is 0 Å². The lowest BCUT2D eigenvalue weighted by molar-refractivity contribution is -0.116. The number of aromatic nitrogens is 1. The number of ether oxygens (including phenoxy) is 2. The van der Waals surface area contributed by atoms with E-state index in [1.54, 1.807) is 12.3 Å². The number of benzene rings is 1. The SMILES string of the molecule is CC(C)(C)NC(=O)N[C@H]1[C@H]2Oc3ccc(Oc4ccnc5c4CCC(=O)N5)cc3[C@@H]12. The quantitative estimate of drug-likeness (QED) is 0.725. The summed E-state index contributed by atoms with van der Waals surface area (Å²) < 4.78 is 12.1. The molecule has 156 valence electrons. The van der Waals surface area contributed by atoms with Crippen molar-refractivity contribution in [1.29, 1.82) is 0 Å². The first kappa shape index (κ1) is 18.7. The van der Waals surface area contributed by atoms with Gasteiger partial charge < -0.3 is 25.4 Å². The highest BCUT2D eigenvalue weighted by Gasteiger charge is 2.59. The molecule has 8 nitrogen and oxygen atoms in total. The number of hydrogen-bond acceptors (Lipinski definition) is 5. The fourth-order valence-corrected chi connectivity index (χ4v) is 4.08. The molecule has 3 heterocycles. The third kappa shape index (κ3) is 3.42. The van der Waals surface area contributed by atoms with Gasteiger partial charge in [0.05, 0.1) is 12.0 Å². The highest BCUT2D eigenvalue weighted by Crippen LogP contribution is 2.54. The van der Waals surface area contributed by atoms with E-state index in [1.807, 2.05) is 39.0 Å². The van der Waals surface area contributed by atoms with Crippen molar-refractivity contribution < 1.29 is 19.1 Å². The van der Waals surface area contributed by atoms with Crippen LogP contribution in [0, 0.1) is 0 Å². The lowest BCUT2D eigenvalue weighted by Gasteiger charge is -2.21. The number of amides is 3. The molecule has 0 bridgehead atoms. The molecule has 1 saturated carbocycles. The van der Waals surface area contributed by atoms with Gasteiger partial charge in [0.1, 0.15) is 29.2 Å². The number of carbonyl (C=O) groups is 2. The van der Waals surface area contributed by atoms with Crippen LogP contribution in [0.5, 0.6) is 17.2 Å². The van der Waals surface area contributed by atoms with Gasteiger partial charge >= 0.3 is 6.03 Å². The van der Waals surface area contributed by atoms with E-state index in [1.165, 1.54) is 0 Å². The Kier molecular flexibility index (Phi) is 4.13. The van der Waals surface area contributed by atoms with Crippen LogP contribution in [0.1, 0.15) is 44.2 Å². The molecule has 3 N–H and O–H groups in total. The summed E-state index contributed by atoms with van der Waals surface area (Å²) in [5, 5.41) is 8.70. The zero-order valence-electron chi connectivity index (χ0n) is 17.1. The van der Waals surface area contributed by atoms with Crippen LogP contribution in [-0.4, -0.2) is 34.6 Å². The third-order valence-electron chi connectivity index (χ3n) is 5.44. The van der Waals surface area contributed by atoms with Crippen LogP contribution in [0.2, 0.25) is 0 Å². The molecule has 1 fully saturated rings. The zero-order valence-corrected chi connectivity index (χ0v) is 17.1. The maximum atomic E-state index is 12.2. The van der Waals surface area contributed by atoms with Gasteiger partial charge in [-0.15, -0.1) is 0 Å². The molecule has 0 radical (unpaired) electrons. The van der Waals surface area contributed by atoms with E-state index in [4.69, 9.17) is 9.47 Å². The minimum atomic E-state index is -0.295. The summed E-state index contributed by atoms with van der Waals surface area (Å²) in [7, 11) is 0. The molecule has 3 aliphatic rings. The molecular formula is C22H24N4O4. The van der Waals surface area contributed by atoms with Crippen LogP contribution < -0.4 is 25.4 Å². The van der Waals surface area contributed by atoms with Crippen molar-refractivity contribution in [2.24, 2.45) is 0 Å². The van der Waals surface area contributed by atoms with Gasteiger partial charge in [-0.25, -0.2) is 9.78 Å². The first-order valence-electron chi connectivity index (χ1n) is 10.1. The van der Waals surface area contributed by atoms with Crippen molar-refractivity contribution >= 4 is 17.8 Å². The molecule has 1 aromatic carbocycles. The van der Waals surface area contributed by atoms with Crippen molar-refractivity contribution in [1.82, 2.24) is 15.6 Å². The molecule has 3 atom stereocenters. The van der Waals surface area contributed by atoms with Crippen molar-refractivity contribution in [3.05, 3.63) is 41.6 Å². The summed E-state index contributed by atoms with van der Waals surface area (Å²) in [6, 6.07) is 7.31. The normalized spacial score (nSPS) is 23.3. The predicted octanol–water partition coefficient (Wildman–Crippen LogP) is 3.08. The summed E-state index contributed by atoms with van der Waals surface area (Å²) >= 11 is 0. The van der Waals surface area contributed by atoms with Crippen LogP contribution in [-0.2, 0) is 11.2 Å². The summed E-state index contributed by atoms with van der Waals surface area (Å²) in [6.45, 7) is 5.83. The Balaban J connectivity index is 1.31. The fraction of sp³-hybridized carbons (Fsp3) is 0.409. The van der Waals surface area contributed by atoms with E-state index >= 15 is 0 Å². The monoisotopic (exact) mass is 408 g/mol. The van der Waals surface area contributed by atoms with Gasteiger partial charge in [0.2, 0.25) is 5.91 Å². The van der Waals surface area contributed by atoms with E-state index in [-0.39, 0.29) is 35.5 Å². The average Bonchev–Trinajstić information content (AvgIpc) is 3.16. The number of anilines is 1. The topological polar surface area (TPSA) is 102 Å². The number of nitrogens with zero attached hydrogens (tertiary/aromatic N) is 1. The lowest BCUT2D eigenvalue weighted by atomic mass is 10.1. The van der Waals surface area contributed by atoms with E-state index in [0.717, 1.165) is 16.9 Å². The number of hydrogen-bond donors (Lipinski definition) is 3. The maximum absolute atomic E-state index is 12.2. The van der Waals surface area contributed by atoms with Gasteiger partial charge in [0.25, 0.3) is 0 Å². The van der Waals surface area contributed by atoms with Crippen LogP contribution in [0.15, 0.2) is 30.5 Å². The zero-order chi connectivity index (χ0) is 21.0. The second-order valence-electron chi connectivity index (χ2n) is 8.97. The Morgan fingerprint density at radius 3 is 2.90 bits per heavy atom. The van der Waals surface area contributed by atoms with Crippen molar-refractivity contribution in [2.75, 3.05) is 5.32 Å². The highest BCUT2D eigenvalue weighted by molar-refractivity contribution is 5.93. The number of nitrogens with one attached hydrogen (secondary N) is 3. The average molecular weight is 408 g/mol. The van der Waals surface area contributed by atoms with Gasteiger partial charge in [-0.05, 0) is 51.5 Å². The van der Waals surface area contributed by atoms with Crippen LogP contribution in [0.3, 0.4) is 0 Å². The molecule has 1 aromatic heterocycles. The van der Waals surface area contributed by atoms with Gasteiger partial charge in [-0.1, -0.05) is 0 Å². The Bertz CT molecular complexity index is 1050. The number of rotatable bonds is 3. The first-order chi connectivity index (χ1) is 14.3. The van der Waals surface area contributed by atoms with E-state index in [0.29, 0.717) is 30.2 Å². The number of pyridine rings is 1. The fourth-order valence-electron chi connectivity index (χ4n) is 4.08. The van der Waals surface area contributed by atoms with Crippen molar-refractivity contribution in [3.8, 4) is 17.2 Å². The predicted molar refractivity (Wildman–Crippen MR) is 110 cm³/mol. The third-order valence-corrected chi connectivity index (χ3v) is 5.44. The molecule has 30 heavy (non-hydrogen) atoms. The summed E-state index contributed by atoms with van der Waals surface area (Å²) in [5.41, 5.74) is 1.64. The molecule has 2 aliphatic heterocycles. The van der Waals surface area contributed by atoms with Gasteiger partial charge in [0.15, 0.2) is 0 Å². The highest BCUT2D eigenvalue weighted by atomic mass is 16.5. The largest absolute Gasteiger partial charge is 0.487 e. The molecule has 2 aromatic rings. The first-order valence-corrected chi connectivity index (χ1v) is 10.1. The van der Waals surface area contributed by atoms with Crippen LogP contribution in [0.25, 0.3) is 0 Å². The van der Waals surface area contributed by atoms with Gasteiger partial charge in [0, 0.05) is 29.3 Å². The summed E-state index contributed by atoms with van der Waals surface area (Å²) in [4.78, 5) is 28.0. The van der Waals surface area contributed by atoms with E-state index < -0.39 is 0 Å². The maximum Gasteiger partial charge on any atom is 0.315 e. The Morgan fingerprint density at radius 1 is 1.27 bits per heavy atom. The lowest BCUT2D eigenvalue weighted by Crippen LogP contribution is -2.48. The number of urea groups is 1. The van der Waals surface area contributed by atoms with Crippen molar-refractivity contribution in [2.45, 2.75) is 57.2 Å². The molecule has 3 amide bonds. The molecule has 8 heteroatoms. The Hall–Kier alpha value is -3.29.